The Bertz CT molecular complexity index is 569. The summed E-state index contributed by atoms with van der Waals surface area (Å²) in [5.74, 6) is 2.38. The van der Waals surface area contributed by atoms with Gasteiger partial charge in [0.05, 0.1) is 5.69 Å². The first-order valence-electron chi connectivity index (χ1n) is 10.2. The Hall–Kier alpha value is -0.830. The van der Waals surface area contributed by atoms with E-state index in [2.05, 4.69) is 57.1 Å². The molecule has 1 aliphatic rings. The van der Waals surface area contributed by atoms with E-state index in [4.69, 9.17) is 0 Å². The fraction of sp³-hybridized carbons (Fsp3) is 0.800. The number of hydrogen-bond acceptors (Lipinski definition) is 3. The normalized spacial score (nSPS) is 18.4. The molecule has 6 nitrogen and oxygen atoms in total. The standard InChI is InChI=1S/C20H38N6.HI/c1-16(2)14-25-10-6-8-19(15-25)13-23-20(21-5)22-9-7-11-26-18(4)12-17(3)24-26;/h12,16,19H,6-11,13-15H2,1-5H3,(H2,21,22,23);1H. The molecule has 1 atom stereocenters. The van der Waals surface area contributed by atoms with Gasteiger partial charge in [0.1, 0.15) is 0 Å². The number of nitrogens with zero attached hydrogens (tertiary/aromatic N) is 4. The second-order valence-electron chi connectivity index (χ2n) is 8.05. The largest absolute Gasteiger partial charge is 0.356 e. The molecule has 27 heavy (non-hydrogen) atoms. The summed E-state index contributed by atoms with van der Waals surface area (Å²) in [5.41, 5.74) is 2.32. The van der Waals surface area contributed by atoms with Crippen LogP contribution in [0, 0.1) is 25.7 Å². The minimum Gasteiger partial charge on any atom is -0.356 e. The number of rotatable bonds is 8. The maximum Gasteiger partial charge on any atom is 0.190 e. The van der Waals surface area contributed by atoms with Crippen molar-refractivity contribution < 1.29 is 0 Å². The van der Waals surface area contributed by atoms with Gasteiger partial charge in [-0.15, -0.1) is 24.0 Å². The van der Waals surface area contributed by atoms with Gasteiger partial charge in [-0.2, -0.15) is 5.10 Å². The lowest BCUT2D eigenvalue weighted by molar-refractivity contribution is 0.159. The summed E-state index contributed by atoms with van der Waals surface area (Å²) in [4.78, 5) is 6.98. The van der Waals surface area contributed by atoms with E-state index in [9.17, 15) is 0 Å². The molecule has 2 rings (SSSR count). The van der Waals surface area contributed by atoms with E-state index in [0.29, 0.717) is 0 Å². The van der Waals surface area contributed by atoms with E-state index >= 15 is 0 Å². The molecule has 0 amide bonds. The quantitative estimate of drug-likeness (QED) is 0.255. The Kier molecular flexibility index (Phi) is 11.3. The zero-order chi connectivity index (χ0) is 18.9. The average molecular weight is 490 g/mol. The van der Waals surface area contributed by atoms with Gasteiger partial charge >= 0.3 is 0 Å². The van der Waals surface area contributed by atoms with Crippen LogP contribution in [-0.2, 0) is 6.54 Å². The monoisotopic (exact) mass is 490 g/mol. The first kappa shape index (κ1) is 24.2. The number of guanidine groups is 1. The number of likely N-dealkylation sites (tertiary alicyclic amines) is 1. The third kappa shape index (κ3) is 8.81. The van der Waals surface area contributed by atoms with Gasteiger partial charge < -0.3 is 15.5 Å². The van der Waals surface area contributed by atoms with Gasteiger partial charge in [0.15, 0.2) is 5.96 Å². The first-order chi connectivity index (χ1) is 12.5. The lowest BCUT2D eigenvalue weighted by Crippen LogP contribution is -2.45. The fourth-order valence-electron chi connectivity index (χ4n) is 3.80. The van der Waals surface area contributed by atoms with Crippen LogP contribution in [0.15, 0.2) is 11.1 Å². The van der Waals surface area contributed by atoms with Crippen LogP contribution in [0.3, 0.4) is 0 Å². The summed E-state index contributed by atoms with van der Waals surface area (Å²) in [6, 6.07) is 2.13. The molecule has 0 radical (unpaired) electrons. The van der Waals surface area contributed by atoms with Crippen LogP contribution in [0.4, 0.5) is 0 Å². The van der Waals surface area contributed by atoms with Crippen LogP contribution in [0.1, 0.15) is 44.5 Å². The number of aromatic nitrogens is 2. The number of piperidine rings is 1. The van der Waals surface area contributed by atoms with E-state index in [1.807, 2.05) is 14.0 Å². The van der Waals surface area contributed by atoms with Crippen molar-refractivity contribution in [2.24, 2.45) is 16.8 Å². The second kappa shape index (κ2) is 12.6. The smallest absolute Gasteiger partial charge is 0.190 e. The summed E-state index contributed by atoms with van der Waals surface area (Å²) in [6.07, 6.45) is 3.67. The zero-order valence-corrected chi connectivity index (χ0v) is 20.1. The highest BCUT2D eigenvalue weighted by Crippen LogP contribution is 2.16. The molecule has 2 N–H and O–H groups in total. The van der Waals surface area contributed by atoms with Crippen LogP contribution in [-0.4, -0.2) is 60.4 Å². The Balaban J connectivity index is 0.00000364. The molecule has 1 saturated heterocycles. The Morgan fingerprint density at radius 2 is 2.11 bits per heavy atom. The molecule has 0 saturated carbocycles. The molecule has 1 unspecified atom stereocenters. The van der Waals surface area contributed by atoms with Crippen molar-refractivity contribution in [3.63, 3.8) is 0 Å². The van der Waals surface area contributed by atoms with E-state index < -0.39 is 0 Å². The molecule has 2 heterocycles. The maximum absolute atomic E-state index is 4.51. The lowest BCUT2D eigenvalue weighted by Gasteiger charge is -2.34. The Labute approximate surface area is 182 Å². The van der Waals surface area contributed by atoms with Crippen molar-refractivity contribution in [3.8, 4) is 0 Å². The third-order valence-electron chi connectivity index (χ3n) is 4.95. The molecule has 0 spiro atoms. The van der Waals surface area contributed by atoms with Gasteiger partial charge in [-0.05, 0) is 57.6 Å². The highest BCUT2D eigenvalue weighted by atomic mass is 127. The summed E-state index contributed by atoms with van der Waals surface area (Å²) in [5, 5.41) is 11.5. The fourth-order valence-corrected chi connectivity index (χ4v) is 3.80. The molecule has 0 aromatic carbocycles. The van der Waals surface area contributed by atoms with E-state index in [0.717, 1.165) is 49.5 Å². The topological polar surface area (TPSA) is 57.5 Å². The summed E-state index contributed by atoms with van der Waals surface area (Å²) in [7, 11) is 1.85. The van der Waals surface area contributed by atoms with Crippen LogP contribution in [0.5, 0.6) is 0 Å². The minimum atomic E-state index is 0. The van der Waals surface area contributed by atoms with E-state index in [-0.39, 0.29) is 24.0 Å². The van der Waals surface area contributed by atoms with Crippen molar-refractivity contribution >= 4 is 29.9 Å². The molecule has 1 aromatic heterocycles. The number of nitrogens with one attached hydrogen (secondary N) is 2. The highest BCUT2D eigenvalue weighted by molar-refractivity contribution is 14.0. The molecule has 1 aromatic rings. The van der Waals surface area contributed by atoms with Gasteiger partial charge in [0, 0.05) is 45.5 Å². The Morgan fingerprint density at radius 3 is 2.74 bits per heavy atom. The first-order valence-corrected chi connectivity index (χ1v) is 10.2. The SMILES string of the molecule is CN=C(NCCCn1nc(C)cc1C)NCC1CCCN(CC(C)C)C1.I. The molecule has 0 aliphatic carbocycles. The van der Waals surface area contributed by atoms with Gasteiger partial charge in [0.25, 0.3) is 0 Å². The molecular weight excluding hydrogens is 451 g/mol. The van der Waals surface area contributed by atoms with Gasteiger partial charge in [-0.1, -0.05) is 13.8 Å². The number of halogens is 1. The summed E-state index contributed by atoms with van der Waals surface area (Å²) < 4.78 is 2.08. The minimum absolute atomic E-state index is 0. The number of aryl methyl sites for hydroxylation is 3. The van der Waals surface area contributed by atoms with Gasteiger partial charge in [-0.25, -0.2) is 0 Å². The van der Waals surface area contributed by atoms with Crippen molar-refractivity contribution in [2.75, 3.05) is 39.8 Å². The summed E-state index contributed by atoms with van der Waals surface area (Å²) in [6.45, 7) is 15.3. The molecule has 1 aliphatic heterocycles. The van der Waals surface area contributed by atoms with Gasteiger partial charge in [-0.3, -0.25) is 9.67 Å². The van der Waals surface area contributed by atoms with Crippen molar-refractivity contribution in [2.45, 2.75) is 53.5 Å². The maximum atomic E-state index is 4.51. The molecule has 7 heteroatoms. The molecular formula is C20H39IN6. The van der Waals surface area contributed by atoms with E-state index in [1.165, 1.54) is 38.2 Å². The second-order valence-corrected chi connectivity index (χ2v) is 8.05. The Morgan fingerprint density at radius 1 is 1.33 bits per heavy atom. The van der Waals surface area contributed by atoms with Crippen molar-refractivity contribution in [3.05, 3.63) is 17.5 Å². The molecule has 156 valence electrons. The number of hydrogen-bond donors (Lipinski definition) is 2. The highest BCUT2D eigenvalue weighted by Gasteiger charge is 2.20. The predicted octanol–water partition coefficient (Wildman–Crippen LogP) is 3.04. The average Bonchev–Trinajstić information content (AvgIpc) is 2.91. The van der Waals surface area contributed by atoms with Crippen molar-refractivity contribution in [1.29, 1.82) is 0 Å². The van der Waals surface area contributed by atoms with Crippen molar-refractivity contribution in [1.82, 2.24) is 25.3 Å². The molecule has 1 fully saturated rings. The van der Waals surface area contributed by atoms with Crippen LogP contribution in [0.25, 0.3) is 0 Å². The molecule has 0 bridgehead atoms. The van der Waals surface area contributed by atoms with Gasteiger partial charge in [0.2, 0.25) is 0 Å². The van der Waals surface area contributed by atoms with Crippen LogP contribution < -0.4 is 10.6 Å². The third-order valence-corrected chi connectivity index (χ3v) is 4.95. The van der Waals surface area contributed by atoms with Crippen LogP contribution in [0.2, 0.25) is 0 Å². The zero-order valence-electron chi connectivity index (χ0n) is 17.8. The number of aliphatic imine (C=N–C) groups is 1. The predicted molar refractivity (Wildman–Crippen MR) is 125 cm³/mol. The lowest BCUT2D eigenvalue weighted by atomic mass is 9.97. The van der Waals surface area contributed by atoms with Crippen LogP contribution >= 0.6 is 24.0 Å². The summed E-state index contributed by atoms with van der Waals surface area (Å²) >= 11 is 0. The van der Waals surface area contributed by atoms with E-state index in [1.54, 1.807) is 0 Å².